The van der Waals surface area contributed by atoms with Crippen LogP contribution in [0.3, 0.4) is 0 Å². The molecule has 1 saturated heterocycles. The van der Waals surface area contributed by atoms with E-state index in [9.17, 15) is 40.3 Å². The summed E-state index contributed by atoms with van der Waals surface area (Å²) < 4.78 is 71.1. The minimum Gasteiger partial charge on any atom is -0.744 e. The van der Waals surface area contributed by atoms with Gasteiger partial charge in [-0.3, -0.25) is 19.0 Å². The van der Waals surface area contributed by atoms with Gasteiger partial charge in [0.2, 0.25) is 5.69 Å². The zero-order chi connectivity index (χ0) is 45.7. The highest BCUT2D eigenvalue weighted by Gasteiger charge is 2.45. The molecule has 0 spiro atoms. The molecular formula is C45H62N4O10S2. The molecule has 0 radical (unpaired) electrons. The summed E-state index contributed by atoms with van der Waals surface area (Å²) in [6, 6.07) is 10.4. The maximum absolute atomic E-state index is 12.2. The van der Waals surface area contributed by atoms with Crippen LogP contribution in [-0.2, 0) is 50.3 Å². The number of imide groups is 1. The minimum absolute atomic E-state index is 0.0237. The zero-order valence-corrected chi connectivity index (χ0v) is 38.7. The Kier molecular flexibility index (Phi) is 15.9. The Morgan fingerprint density at radius 2 is 1.48 bits per heavy atom. The number of nitrogens with zero attached hydrogens (tertiary/aromatic N) is 4. The Labute approximate surface area is 362 Å². The third-order valence-electron chi connectivity index (χ3n) is 11.5. The van der Waals surface area contributed by atoms with Crippen LogP contribution < -0.4 is 4.90 Å². The van der Waals surface area contributed by atoms with Crippen LogP contribution >= 0.6 is 0 Å². The largest absolute Gasteiger partial charge is 0.744 e. The highest BCUT2D eigenvalue weighted by Crippen LogP contribution is 2.48. The number of carbonyl (C=O) groups is 3. The molecule has 0 atom stereocenters. The molecule has 5 rings (SSSR count). The van der Waals surface area contributed by atoms with Crippen LogP contribution in [0.25, 0.3) is 0 Å². The van der Waals surface area contributed by atoms with Gasteiger partial charge >= 0.3 is 5.97 Å². The highest BCUT2D eigenvalue weighted by atomic mass is 32.2. The lowest BCUT2D eigenvalue weighted by atomic mass is 9.81. The lowest BCUT2D eigenvalue weighted by Crippen LogP contribution is -2.36. The molecule has 2 aromatic rings. The molecule has 2 amide bonds. The molecular weight excluding hydrogens is 821 g/mol. The molecule has 0 unspecified atom stereocenters. The number of carbonyl (C=O) groups excluding carboxylic acids is 3. The second kappa shape index (κ2) is 19.7. The fourth-order valence-electron chi connectivity index (χ4n) is 8.41. The van der Waals surface area contributed by atoms with Crippen molar-refractivity contribution in [1.82, 2.24) is 9.96 Å². The van der Waals surface area contributed by atoms with Gasteiger partial charge in [-0.15, -0.1) is 5.06 Å². The number of hydrogen-bond acceptors (Lipinski definition) is 11. The van der Waals surface area contributed by atoms with Gasteiger partial charge in [-0.05, 0) is 110 Å². The molecule has 0 aromatic heterocycles. The van der Waals surface area contributed by atoms with Gasteiger partial charge in [0.1, 0.15) is 16.7 Å². The molecule has 3 aliphatic rings. The number of fused-ring (bicyclic) bond motifs is 2. The quantitative estimate of drug-likeness (QED) is 0.0584. The third-order valence-corrected chi connectivity index (χ3v) is 13.2. The van der Waals surface area contributed by atoms with Gasteiger partial charge in [0.15, 0.2) is 5.71 Å². The lowest BCUT2D eigenvalue weighted by molar-refractivity contribution is -0.438. The average molecular weight is 883 g/mol. The van der Waals surface area contributed by atoms with E-state index in [1.807, 2.05) is 65.0 Å². The second-order valence-electron chi connectivity index (χ2n) is 17.0. The molecule has 61 heavy (non-hydrogen) atoms. The molecule has 1 N–H and O–H groups in total. The molecule has 0 saturated carbocycles. The first kappa shape index (κ1) is 49.2. The summed E-state index contributed by atoms with van der Waals surface area (Å²) in [4.78, 5) is 44.8. The van der Waals surface area contributed by atoms with E-state index in [-0.39, 0.29) is 29.1 Å². The van der Waals surface area contributed by atoms with Crippen molar-refractivity contribution >= 4 is 55.1 Å². The van der Waals surface area contributed by atoms with E-state index in [2.05, 4.69) is 49.0 Å². The molecule has 1 fully saturated rings. The van der Waals surface area contributed by atoms with E-state index in [4.69, 9.17) is 4.84 Å². The van der Waals surface area contributed by atoms with Crippen LogP contribution in [0.1, 0.15) is 119 Å². The van der Waals surface area contributed by atoms with Crippen molar-refractivity contribution in [1.29, 1.82) is 0 Å². The van der Waals surface area contributed by atoms with Gasteiger partial charge in [-0.2, -0.15) is 13.0 Å². The minimum atomic E-state index is -4.69. The monoisotopic (exact) mass is 882 g/mol. The second-order valence-corrected chi connectivity index (χ2v) is 19.8. The summed E-state index contributed by atoms with van der Waals surface area (Å²) in [6.45, 7) is 23.4. The van der Waals surface area contributed by atoms with Crippen LogP contribution in [0.15, 0.2) is 82.3 Å². The predicted octanol–water partition coefficient (Wildman–Crippen LogP) is 7.32. The van der Waals surface area contributed by atoms with Gasteiger partial charge in [0, 0.05) is 78.8 Å². The summed E-state index contributed by atoms with van der Waals surface area (Å²) in [5, 5.41) is 0.538. The van der Waals surface area contributed by atoms with Crippen molar-refractivity contribution < 1.29 is 49.7 Å². The van der Waals surface area contributed by atoms with Crippen molar-refractivity contribution in [2.45, 2.75) is 140 Å². The van der Waals surface area contributed by atoms with E-state index in [0.717, 1.165) is 34.9 Å². The Balaban J connectivity index is 0.000000816. The number of anilines is 1. The number of amides is 2. The van der Waals surface area contributed by atoms with E-state index in [1.54, 1.807) is 12.1 Å². The Bertz CT molecular complexity index is 2320. The normalized spacial score (nSPS) is 18.0. The lowest BCUT2D eigenvalue weighted by Gasteiger charge is -2.28. The number of hydroxylamine groups is 2. The van der Waals surface area contributed by atoms with Crippen LogP contribution in [0.5, 0.6) is 0 Å². The summed E-state index contributed by atoms with van der Waals surface area (Å²) in [6.07, 6.45) is 11.3. The van der Waals surface area contributed by atoms with Crippen molar-refractivity contribution in [3.8, 4) is 0 Å². The van der Waals surface area contributed by atoms with E-state index < -0.39 is 48.8 Å². The topological polar surface area (TPSA) is 185 Å². The average Bonchev–Trinajstić information content (AvgIpc) is 3.68. The van der Waals surface area contributed by atoms with E-state index in [0.29, 0.717) is 55.1 Å². The number of likely N-dealkylation sites (N-methyl/N-ethyl adjacent to an activating group) is 1. The molecule has 2 aromatic carbocycles. The van der Waals surface area contributed by atoms with Gasteiger partial charge < -0.3 is 14.3 Å². The van der Waals surface area contributed by atoms with Crippen molar-refractivity contribution in [3.05, 3.63) is 83.6 Å². The Hall–Kier alpha value is -4.48. The fraction of sp³-hybridized carbons (Fsp3) is 0.511. The van der Waals surface area contributed by atoms with Crippen LogP contribution in [-0.4, -0.2) is 95.7 Å². The van der Waals surface area contributed by atoms with Crippen molar-refractivity contribution in [3.63, 3.8) is 0 Å². The molecule has 3 heterocycles. The summed E-state index contributed by atoms with van der Waals surface area (Å²) in [5.41, 5.74) is 3.68. The van der Waals surface area contributed by atoms with Crippen molar-refractivity contribution in [2.24, 2.45) is 0 Å². The Morgan fingerprint density at radius 1 is 0.869 bits per heavy atom. The number of hydrogen-bond donors (Lipinski definition) is 1. The molecule has 16 heteroatoms. The van der Waals surface area contributed by atoms with Gasteiger partial charge in [0.05, 0.1) is 15.2 Å². The number of benzene rings is 2. The SMILES string of the molecule is CCN(C(C)C)C(C)C.CCN1/C(=C/C=C/C=C/C2=[N+](CCCCCC(=O)ON3C(=O)CCC3=O)c3ccc(S(=O)(=O)[O-])cc3C2(C)C)C(C)(C)c2cc(S(=O)(=O)O)ccc21. The summed E-state index contributed by atoms with van der Waals surface area (Å²) in [7, 11) is -9.05. The number of unbranched alkanes of at least 4 members (excludes halogenated alkanes) is 2. The van der Waals surface area contributed by atoms with E-state index >= 15 is 0 Å². The number of rotatable bonds is 16. The van der Waals surface area contributed by atoms with Crippen LogP contribution in [0.4, 0.5) is 11.4 Å². The maximum Gasteiger partial charge on any atom is 0.333 e. The molecule has 334 valence electrons. The predicted molar refractivity (Wildman–Crippen MR) is 234 cm³/mol. The standard InChI is InChI=1S/C37H43N3O10S2.C8H19N/c1-6-38-29-18-16-25(51(44,45)46)23-27(29)36(2,3)31(38)13-9-7-10-14-32-37(4,5)28-24-26(52(47,48)49)17-19-30(28)39(32)22-12-8-11-15-35(43)50-40-33(41)20-21-34(40)42;1-6-9(7(2)3)8(4)5/h7,9-10,13-14,16-19,23-24H,6,8,11-12,15,20-22H2,1-5H3,(H-,44,45,46,47,48,49);7-8H,6H2,1-5H3. The first-order valence-electron chi connectivity index (χ1n) is 20.9. The van der Waals surface area contributed by atoms with E-state index in [1.165, 1.54) is 24.3 Å². The molecule has 3 aliphatic heterocycles. The first-order valence-corrected chi connectivity index (χ1v) is 23.7. The summed E-state index contributed by atoms with van der Waals surface area (Å²) in [5.74, 6) is -1.72. The van der Waals surface area contributed by atoms with Crippen LogP contribution in [0.2, 0.25) is 0 Å². The van der Waals surface area contributed by atoms with Gasteiger partial charge in [-0.25, -0.2) is 13.2 Å². The maximum atomic E-state index is 12.2. The molecule has 0 aliphatic carbocycles. The van der Waals surface area contributed by atoms with Crippen molar-refractivity contribution in [2.75, 3.05) is 24.5 Å². The smallest absolute Gasteiger partial charge is 0.333 e. The highest BCUT2D eigenvalue weighted by molar-refractivity contribution is 7.86. The number of allylic oxidation sites excluding steroid dienone is 6. The molecule has 0 bridgehead atoms. The zero-order valence-electron chi connectivity index (χ0n) is 37.1. The van der Waals surface area contributed by atoms with Gasteiger partial charge in [-0.1, -0.05) is 39.0 Å². The fourth-order valence-corrected chi connectivity index (χ4v) is 9.42. The summed E-state index contributed by atoms with van der Waals surface area (Å²) >= 11 is 0. The first-order chi connectivity index (χ1) is 28.4. The molecule has 14 nitrogen and oxygen atoms in total. The van der Waals surface area contributed by atoms with Gasteiger partial charge in [0.25, 0.3) is 21.9 Å². The Morgan fingerprint density at radius 3 is 2.02 bits per heavy atom. The third kappa shape index (κ3) is 11.3. The van der Waals surface area contributed by atoms with Crippen LogP contribution in [0, 0.1) is 0 Å².